The van der Waals surface area contributed by atoms with Crippen molar-refractivity contribution in [3.63, 3.8) is 0 Å². The summed E-state index contributed by atoms with van der Waals surface area (Å²) in [6.45, 7) is 10.6. The average molecular weight is 315 g/mol. The van der Waals surface area contributed by atoms with Crippen LogP contribution in [0.25, 0.3) is 0 Å². The summed E-state index contributed by atoms with van der Waals surface area (Å²) < 4.78 is 0.963. The van der Waals surface area contributed by atoms with E-state index in [4.69, 9.17) is 5.73 Å². The number of pyridine rings is 1. The van der Waals surface area contributed by atoms with Crippen LogP contribution in [-0.2, 0) is 0 Å². The smallest absolute Gasteiger partial charge is 0.140 e. The Kier molecular flexibility index (Phi) is 6.43. The van der Waals surface area contributed by atoms with Crippen molar-refractivity contribution in [3.8, 4) is 0 Å². The lowest BCUT2D eigenvalue weighted by Crippen LogP contribution is -2.25. The van der Waals surface area contributed by atoms with E-state index in [0.717, 1.165) is 54.1 Å². The second-order valence-corrected chi connectivity index (χ2v) is 5.10. The van der Waals surface area contributed by atoms with Gasteiger partial charge in [0.1, 0.15) is 5.82 Å². The molecule has 3 N–H and O–H groups in total. The normalized spacial score (nSPS) is 10.9. The van der Waals surface area contributed by atoms with Crippen molar-refractivity contribution in [3.05, 3.63) is 16.2 Å². The zero-order valence-corrected chi connectivity index (χ0v) is 13.0. The fraction of sp³-hybridized carbons (Fsp3) is 0.615. The van der Waals surface area contributed by atoms with Gasteiger partial charge in [-0.1, -0.05) is 13.8 Å². The average Bonchev–Trinajstić information content (AvgIpc) is 2.38. The third-order valence-corrected chi connectivity index (χ3v) is 4.11. The number of nitrogen functional groups attached to an aromatic ring is 1. The summed E-state index contributed by atoms with van der Waals surface area (Å²) in [4.78, 5) is 6.71. The molecule has 0 aromatic carbocycles. The summed E-state index contributed by atoms with van der Waals surface area (Å²) in [5, 5.41) is 3.34. The van der Waals surface area contributed by atoms with Gasteiger partial charge in [-0.25, -0.2) is 4.98 Å². The monoisotopic (exact) mass is 314 g/mol. The summed E-state index contributed by atoms with van der Waals surface area (Å²) >= 11 is 3.52. The molecule has 0 aliphatic rings. The molecule has 0 fully saturated rings. The van der Waals surface area contributed by atoms with Gasteiger partial charge < -0.3 is 16.0 Å². The predicted molar refractivity (Wildman–Crippen MR) is 82.0 cm³/mol. The second-order valence-electron chi connectivity index (χ2n) is 4.31. The Morgan fingerprint density at radius 2 is 2.06 bits per heavy atom. The molecule has 0 aliphatic heterocycles. The molecule has 18 heavy (non-hydrogen) atoms. The van der Waals surface area contributed by atoms with Gasteiger partial charge in [0.2, 0.25) is 0 Å². The first-order valence-corrected chi connectivity index (χ1v) is 7.26. The minimum absolute atomic E-state index is 0.718. The van der Waals surface area contributed by atoms with E-state index in [2.05, 4.69) is 45.0 Å². The molecule has 0 saturated heterocycles. The highest BCUT2D eigenvalue weighted by Crippen LogP contribution is 2.27. The molecule has 4 nitrogen and oxygen atoms in total. The molecule has 0 aliphatic carbocycles. The quantitative estimate of drug-likeness (QED) is 0.760. The fourth-order valence-corrected chi connectivity index (χ4v) is 2.24. The van der Waals surface area contributed by atoms with E-state index in [1.54, 1.807) is 6.20 Å². The SMILES string of the molecule is CCN(CC)CCCNc1ncc(N)c(C)c1Br. The van der Waals surface area contributed by atoms with Crippen LogP contribution in [0.2, 0.25) is 0 Å². The maximum atomic E-state index is 5.79. The maximum absolute atomic E-state index is 5.79. The standard InChI is InChI=1S/C13H23BrN4/c1-4-18(5-2)8-6-7-16-13-12(14)10(3)11(15)9-17-13/h9H,4-8,15H2,1-3H3,(H,16,17). The fourth-order valence-electron chi connectivity index (χ4n) is 1.76. The Balaban J connectivity index is 2.43. The largest absolute Gasteiger partial charge is 0.397 e. The predicted octanol–water partition coefficient (Wildman–Crippen LogP) is 2.88. The molecule has 102 valence electrons. The van der Waals surface area contributed by atoms with Crippen molar-refractivity contribution in [2.45, 2.75) is 27.2 Å². The van der Waals surface area contributed by atoms with E-state index < -0.39 is 0 Å². The first-order valence-electron chi connectivity index (χ1n) is 6.46. The molecule has 1 aromatic rings. The van der Waals surface area contributed by atoms with Crippen molar-refractivity contribution in [1.82, 2.24) is 9.88 Å². The third-order valence-electron chi connectivity index (χ3n) is 3.14. The van der Waals surface area contributed by atoms with Crippen LogP contribution in [0.1, 0.15) is 25.8 Å². The number of nitrogens with zero attached hydrogens (tertiary/aromatic N) is 2. The van der Waals surface area contributed by atoms with Crippen LogP contribution in [0.3, 0.4) is 0 Å². The van der Waals surface area contributed by atoms with Gasteiger partial charge in [0.15, 0.2) is 0 Å². The molecule has 1 aromatic heterocycles. The molecular formula is C13H23BrN4. The van der Waals surface area contributed by atoms with E-state index in [0.29, 0.717) is 0 Å². The zero-order valence-electron chi connectivity index (χ0n) is 11.5. The van der Waals surface area contributed by atoms with Crippen molar-refractivity contribution in [1.29, 1.82) is 0 Å². The number of nitrogens with two attached hydrogens (primary N) is 1. The molecular weight excluding hydrogens is 292 g/mol. The molecule has 0 bridgehead atoms. The number of rotatable bonds is 7. The van der Waals surface area contributed by atoms with E-state index >= 15 is 0 Å². The van der Waals surface area contributed by atoms with Crippen LogP contribution in [0.5, 0.6) is 0 Å². The number of nitrogens with one attached hydrogen (secondary N) is 1. The summed E-state index contributed by atoms with van der Waals surface area (Å²) in [6, 6.07) is 0. The van der Waals surface area contributed by atoms with Crippen LogP contribution in [0.4, 0.5) is 11.5 Å². The number of hydrogen-bond acceptors (Lipinski definition) is 4. The number of aromatic nitrogens is 1. The highest BCUT2D eigenvalue weighted by molar-refractivity contribution is 9.10. The van der Waals surface area contributed by atoms with Crippen LogP contribution < -0.4 is 11.1 Å². The second kappa shape index (κ2) is 7.59. The zero-order chi connectivity index (χ0) is 13.5. The minimum atomic E-state index is 0.718. The molecule has 0 spiro atoms. The molecule has 0 amide bonds. The highest BCUT2D eigenvalue weighted by Gasteiger charge is 2.06. The van der Waals surface area contributed by atoms with Crippen LogP contribution in [0, 0.1) is 6.92 Å². The Hall–Kier alpha value is -0.810. The lowest BCUT2D eigenvalue weighted by molar-refractivity contribution is 0.303. The summed E-state index contributed by atoms with van der Waals surface area (Å²) in [6.07, 6.45) is 2.81. The number of hydrogen-bond donors (Lipinski definition) is 2. The molecule has 0 radical (unpaired) electrons. The molecule has 0 atom stereocenters. The van der Waals surface area contributed by atoms with Gasteiger partial charge >= 0.3 is 0 Å². The summed E-state index contributed by atoms with van der Waals surface area (Å²) in [7, 11) is 0. The van der Waals surface area contributed by atoms with E-state index in [-0.39, 0.29) is 0 Å². The van der Waals surface area contributed by atoms with E-state index in [9.17, 15) is 0 Å². The van der Waals surface area contributed by atoms with Crippen molar-refractivity contribution < 1.29 is 0 Å². The topological polar surface area (TPSA) is 54.2 Å². The van der Waals surface area contributed by atoms with Gasteiger partial charge in [-0.15, -0.1) is 0 Å². The number of halogens is 1. The van der Waals surface area contributed by atoms with Gasteiger partial charge in [-0.3, -0.25) is 0 Å². The van der Waals surface area contributed by atoms with Crippen molar-refractivity contribution in [2.24, 2.45) is 0 Å². The van der Waals surface area contributed by atoms with Crippen molar-refractivity contribution in [2.75, 3.05) is 37.2 Å². The Morgan fingerprint density at radius 1 is 1.39 bits per heavy atom. The minimum Gasteiger partial charge on any atom is -0.397 e. The number of anilines is 2. The molecule has 1 rings (SSSR count). The van der Waals surface area contributed by atoms with Gasteiger partial charge in [-0.05, 0) is 54.5 Å². The third kappa shape index (κ3) is 4.14. The first kappa shape index (κ1) is 15.2. The van der Waals surface area contributed by atoms with Gasteiger partial charge in [-0.2, -0.15) is 0 Å². The van der Waals surface area contributed by atoms with E-state index in [1.807, 2.05) is 6.92 Å². The summed E-state index contributed by atoms with van der Waals surface area (Å²) in [5.74, 6) is 0.876. The van der Waals surface area contributed by atoms with Crippen molar-refractivity contribution >= 4 is 27.4 Å². The highest BCUT2D eigenvalue weighted by atomic mass is 79.9. The molecule has 0 unspecified atom stereocenters. The summed E-state index contributed by atoms with van der Waals surface area (Å²) in [5.41, 5.74) is 7.55. The van der Waals surface area contributed by atoms with Crippen LogP contribution >= 0.6 is 15.9 Å². The Labute approximate surface area is 118 Å². The van der Waals surface area contributed by atoms with Gasteiger partial charge in [0.25, 0.3) is 0 Å². The Bertz CT molecular complexity index is 377. The molecule has 5 heteroatoms. The van der Waals surface area contributed by atoms with Crippen LogP contribution in [-0.4, -0.2) is 36.1 Å². The van der Waals surface area contributed by atoms with E-state index in [1.165, 1.54) is 0 Å². The Morgan fingerprint density at radius 3 is 2.67 bits per heavy atom. The lowest BCUT2D eigenvalue weighted by atomic mass is 10.2. The lowest BCUT2D eigenvalue weighted by Gasteiger charge is -2.18. The van der Waals surface area contributed by atoms with Gasteiger partial charge in [0, 0.05) is 6.54 Å². The first-order chi connectivity index (χ1) is 8.60. The molecule has 1 heterocycles. The van der Waals surface area contributed by atoms with Gasteiger partial charge in [0.05, 0.1) is 16.4 Å². The van der Waals surface area contributed by atoms with Crippen LogP contribution in [0.15, 0.2) is 10.7 Å². The molecule has 0 saturated carbocycles. The maximum Gasteiger partial charge on any atom is 0.140 e.